The molecule has 2 N–H and O–H groups in total. The molecule has 1 fully saturated rings. The Morgan fingerprint density at radius 1 is 1.18 bits per heavy atom. The number of hydrogen-bond acceptors (Lipinski definition) is 5. The zero-order valence-corrected chi connectivity index (χ0v) is 17.2. The second-order valence-corrected chi connectivity index (χ2v) is 9.24. The fourth-order valence-electron chi connectivity index (χ4n) is 3.42. The molecule has 2 aromatic carbocycles. The number of anilines is 1. The van der Waals surface area contributed by atoms with Crippen molar-refractivity contribution in [3.05, 3.63) is 42.0 Å². The maximum absolute atomic E-state index is 13.2. The van der Waals surface area contributed by atoms with Gasteiger partial charge in [-0.05, 0) is 44.6 Å². The minimum Gasteiger partial charge on any atom is -0.334 e. The Morgan fingerprint density at radius 3 is 2.43 bits per heavy atom. The van der Waals surface area contributed by atoms with Crippen molar-refractivity contribution in [2.45, 2.75) is 25.8 Å². The van der Waals surface area contributed by atoms with E-state index in [1.54, 1.807) is 30.9 Å². The van der Waals surface area contributed by atoms with E-state index >= 15 is 0 Å². The van der Waals surface area contributed by atoms with Crippen LogP contribution in [0, 0.1) is 11.3 Å². The minimum absolute atomic E-state index is 0.184. The summed E-state index contributed by atoms with van der Waals surface area (Å²) in [4.78, 5) is 16.4. The van der Waals surface area contributed by atoms with Crippen molar-refractivity contribution >= 4 is 49.7 Å². The summed E-state index contributed by atoms with van der Waals surface area (Å²) in [7, 11) is -3.59. The summed E-state index contributed by atoms with van der Waals surface area (Å²) in [6.07, 6.45) is 0.262. The molecule has 1 amide bonds. The molecule has 0 atom stereocenters. The fourth-order valence-corrected chi connectivity index (χ4v) is 4.46. The molecule has 1 aliphatic heterocycles. The Morgan fingerprint density at radius 2 is 1.82 bits per heavy atom. The number of thiocarbonyl (C=S) groups is 1. The fraction of sp³-hybridized carbons (Fsp3) is 0.316. The topological polar surface area (TPSA) is 108 Å². The molecular formula is C19H20N4O3S2. The Balaban J connectivity index is 2.02. The predicted molar refractivity (Wildman–Crippen MR) is 112 cm³/mol. The number of nitriles is 1. The molecule has 1 heterocycles. The van der Waals surface area contributed by atoms with E-state index in [-0.39, 0.29) is 18.1 Å². The summed E-state index contributed by atoms with van der Waals surface area (Å²) in [5.41, 5.74) is 0.192. The maximum atomic E-state index is 13.2. The van der Waals surface area contributed by atoms with Crippen molar-refractivity contribution in [2.24, 2.45) is 5.14 Å². The van der Waals surface area contributed by atoms with E-state index < -0.39 is 15.6 Å². The van der Waals surface area contributed by atoms with E-state index in [0.29, 0.717) is 22.9 Å². The van der Waals surface area contributed by atoms with E-state index in [1.807, 2.05) is 24.3 Å². The molecule has 1 saturated heterocycles. The van der Waals surface area contributed by atoms with Crippen molar-refractivity contribution in [1.29, 1.82) is 5.26 Å². The second-order valence-electron chi connectivity index (χ2n) is 7.14. The number of rotatable bonds is 5. The van der Waals surface area contributed by atoms with Crippen LogP contribution in [0.2, 0.25) is 0 Å². The molecule has 0 unspecified atom stereocenters. The van der Waals surface area contributed by atoms with Gasteiger partial charge in [-0.1, -0.05) is 24.3 Å². The van der Waals surface area contributed by atoms with Crippen molar-refractivity contribution in [1.82, 2.24) is 4.90 Å². The number of sulfonamides is 1. The third kappa shape index (κ3) is 3.46. The number of carbonyl (C=O) groups is 1. The van der Waals surface area contributed by atoms with E-state index in [1.165, 1.54) is 4.90 Å². The summed E-state index contributed by atoms with van der Waals surface area (Å²) < 4.78 is 22.5. The first-order valence-electron chi connectivity index (χ1n) is 8.66. The van der Waals surface area contributed by atoms with Crippen LogP contribution in [0.3, 0.4) is 0 Å². The number of hydrogen-bond donors (Lipinski definition) is 1. The lowest BCUT2D eigenvalue weighted by atomic mass is 10.0. The van der Waals surface area contributed by atoms with Gasteiger partial charge in [0.25, 0.3) is 5.91 Å². The highest BCUT2D eigenvalue weighted by Gasteiger charge is 2.49. The third-order valence-corrected chi connectivity index (χ3v) is 6.16. The molecule has 1 aliphatic rings. The van der Waals surface area contributed by atoms with Crippen LogP contribution in [0.1, 0.15) is 25.8 Å². The molecule has 0 aromatic heterocycles. The van der Waals surface area contributed by atoms with Gasteiger partial charge in [0.15, 0.2) is 5.11 Å². The van der Waals surface area contributed by atoms with Gasteiger partial charge >= 0.3 is 0 Å². The monoisotopic (exact) mass is 416 g/mol. The van der Waals surface area contributed by atoms with E-state index in [4.69, 9.17) is 17.4 Å². The lowest BCUT2D eigenvalue weighted by molar-refractivity contribution is -0.123. The zero-order valence-electron chi connectivity index (χ0n) is 15.5. The molecule has 0 saturated carbocycles. The quantitative estimate of drug-likeness (QED) is 0.748. The van der Waals surface area contributed by atoms with Crippen molar-refractivity contribution in [2.75, 3.05) is 17.2 Å². The van der Waals surface area contributed by atoms with Crippen molar-refractivity contribution in [3.63, 3.8) is 0 Å². The van der Waals surface area contributed by atoms with E-state index in [9.17, 15) is 18.5 Å². The van der Waals surface area contributed by atoms with Crippen LogP contribution in [0.4, 0.5) is 5.69 Å². The third-order valence-electron chi connectivity index (χ3n) is 4.90. The molecule has 28 heavy (non-hydrogen) atoms. The molecule has 146 valence electrons. The Labute approximate surface area is 169 Å². The lowest BCUT2D eigenvalue weighted by Gasteiger charge is -2.29. The maximum Gasteiger partial charge on any atom is 0.258 e. The van der Waals surface area contributed by atoms with Crippen LogP contribution in [0.25, 0.3) is 10.8 Å². The molecule has 0 radical (unpaired) electrons. The average molecular weight is 417 g/mol. The number of nitrogens with two attached hydrogens (primary N) is 1. The second kappa shape index (κ2) is 7.13. The number of nitrogens with zero attached hydrogens (tertiary/aromatic N) is 3. The summed E-state index contributed by atoms with van der Waals surface area (Å²) >= 11 is 5.59. The summed E-state index contributed by atoms with van der Waals surface area (Å²) in [6, 6.07) is 12.9. The first kappa shape index (κ1) is 20.2. The van der Waals surface area contributed by atoms with Crippen LogP contribution in [-0.2, 0) is 14.8 Å². The van der Waals surface area contributed by atoms with Crippen LogP contribution in [-0.4, -0.2) is 42.2 Å². The van der Waals surface area contributed by atoms with Gasteiger partial charge in [0.05, 0.1) is 23.1 Å². The van der Waals surface area contributed by atoms with Gasteiger partial charge in [-0.3, -0.25) is 9.69 Å². The number of carbonyl (C=O) groups excluding carboxylic acids is 1. The molecule has 0 aliphatic carbocycles. The molecule has 2 aromatic rings. The highest BCUT2D eigenvalue weighted by molar-refractivity contribution is 7.89. The summed E-state index contributed by atoms with van der Waals surface area (Å²) in [5.74, 6) is -0.390. The highest BCUT2D eigenvalue weighted by Crippen LogP contribution is 2.37. The van der Waals surface area contributed by atoms with Gasteiger partial charge in [0.2, 0.25) is 10.0 Å². The number of amides is 1. The normalized spacial score (nSPS) is 16.6. The lowest BCUT2D eigenvalue weighted by Crippen LogP contribution is -2.45. The standard InChI is InChI=1S/C19H20N4O3S2/c1-19(2)17(24)23(18(27)22(19)10-5-11-28(21,25)26)16-9-8-13(12-20)14-6-3-4-7-15(14)16/h3-4,6-9H,5,10-11H2,1-2H3,(H2,21,25,26). The zero-order chi connectivity index (χ0) is 20.7. The van der Waals surface area contributed by atoms with Crippen LogP contribution >= 0.6 is 12.2 Å². The van der Waals surface area contributed by atoms with Crippen molar-refractivity contribution in [3.8, 4) is 6.07 Å². The predicted octanol–water partition coefficient (Wildman–Crippen LogP) is 2.10. The van der Waals surface area contributed by atoms with Gasteiger partial charge in [0.1, 0.15) is 5.54 Å². The summed E-state index contributed by atoms with van der Waals surface area (Å²) in [6.45, 7) is 3.80. The molecule has 0 spiro atoms. The first-order chi connectivity index (χ1) is 13.1. The van der Waals surface area contributed by atoms with E-state index in [0.717, 1.165) is 10.8 Å². The smallest absolute Gasteiger partial charge is 0.258 e. The van der Waals surface area contributed by atoms with E-state index in [2.05, 4.69) is 6.07 Å². The molecule has 7 nitrogen and oxygen atoms in total. The van der Waals surface area contributed by atoms with Gasteiger partial charge < -0.3 is 4.90 Å². The number of benzene rings is 2. The molecular weight excluding hydrogens is 396 g/mol. The SMILES string of the molecule is CC1(C)C(=O)N(c2ccc(C#N)c3ccccc23)C(=S)N1CCCS(N)(=O)=O. The number of fused-ring (bicyclic) bond motifs is 1. The largest absolute Gasteiger partial charge is 0.334 e. The Kier molecular flexibility index (Phi) is 5.14. The van der Waals surface area contributed by atoms with Gasteiger partial charge in [-0.25, -0.2) is 13.6 Å². The summed E-state index contributed by atoms with van der Waals surface area (Å²) in [5, 5.41) is 16.2. The molecule has 0 bridgehead atoms. The minimum atomic E-state index is -3.59. The van der Waals surface area contributed by atoms with Crippen LogP contribution < -0.4 is 10.0 Å². The van der Waals surface area contributed by atoms with Crippen LogP contribution in [0.5, 0.6) is 0 Å². The molecule has 9 heteroatoms. The Hall–Kier alpha value is -2.54. The molecule has 3 rings (SSSR count). The van der Waals surface area contributed by atoms with Gasteiger partial charge in [0, 0.05) is 17.3 Å². The van der Waals surface area contributed by atoms with Crippen molar-refractivity contribution < 1.29 is 13.2 Å². The average Bonchev–Trinajstić information content (AvgIpc) is 2.79. The van der Waals surface area contributed by atoms with Gasteiger partial charge in [-0.15, -0.1) is 0 Å². The Bertz CT molecular complexity index is 1120. The first-order valence-corrected chi connectivity index (χ1v) is 10.8. The van der Waals surface area contributed by atoms with Crippen LogP contribution in [0.15, 0.2) is 36.4 Å². The van der Waals surface area contributed by atoms with Gasteiger partial charge in [-0.2, -0.15) is 5.26 Å². The number of primary sulfonamides is 1. The highest BCUT2D eigenvalue weighted by atomic mass is 32.2.